The van der Waals surface area contributed by atoms with Gasteiger partial charge >= 0.3 is 0 Å². The molecule has 0 radical (unpaired) electrons. The normalized spacial score (nSPS) is 21.1. The van der Waals surface area contributed by atoms with Gasteiger partial charge in [-0.2, -0.15) is 0 Å². The summed E-state index contributed by atoms with van der Waals surface area (Å²) in [4.78, 5) is 34.5. The average molecular weight is 477 g/mol. The van der Waals surface area contributed by atoms with Gasteiger partial charge in [0.05, 0.1) is 17.4 Å². The quantitative estimate of drug-likeness (QED) is 0.353. The molecular formula is C30H24N2O4. The highest BCUT2D eigenvalue weighted by atomic mass is 16.7. The van der Waals surface area contributed by atoms with E-state index in [2.05, 4.69) is 0 Å². The van der Waals surface area contributed by atoms with Crippen LogP contribution in [0.3, 0.4) is 0 Å². The Hall–Kier alpha value is -4.42. The van der Waals surface area contributed by atoms with Crippen LogP contribution in [0.25, 0.3) is 0 Å². The molecule has 0 aliphatic carbocycles. The molecule has 4 aromatic carbocycles. The zero-order valence-corrected chi connectivity index (χ0v) is 19.4. The Morgan fingerprint density at radius 3 is 1.89 bits per heavy atom. The lowest BCUT2D eigenvalue weighted by Gasteiger charge is -2.28. The Kier molecular flexibility index (Phi) is 5.71. The van der Waals surface area contributed by atoms with Crippen molar-refractivity contribution in [3.8, 4) is 5.75 Å². The third kappa shape index (κ3) is 3.91. The van der Waals surface area contributed by atoms with Crippen molar-refractivity contribution >= 4 is 23.2 Å². The lowest BCUT2D eigenvalue weighted by Crippen LogP contribution is -2.37. The number of hydroxylamine groups is 1. The van der Waals surface area contributed by atoms with E-state index >= 15 is 0 Å². The number of anilines is 2. The molecule has 2 amide bonds. The fourth-order valence-corrected chi connectivity index (χ4v) is 4.89. The second-order valence-corrected chi connectivity index (χ2v) is 8.85. The zero-order chi connectivity index (χ0) is 24.5. The second-order valence-electron chi connectivity index (χ2n) is 8.85. The maximum Gasteiger partial charge on any atom is 0.266 e. The molecule has 36 heavy (non-hydrogen) atoms. The molecule has 178 valence electrons. The standard InChI is InChI=1S/C30H24N2O4/c33-29-26-27(22-16-18-25(19-17-22)35-20-21-10-4-1-5-11-21)32(24-14-8-3-9-15-24)36-28(26)30(34)31(29)23-12-6-2-7-13-23/h1-19,26-28H,20H2/t26-,27-,28-/m1/s1. The summed E-state index contributed by atoms with van der Waals surface area (Å²) < 4.78 is 5.95. The third-order valence-electron chi connectivity index (χ3n) is 6.61. The smallest absolute Gasteiger partial charge is 0.266 e. The van der Waals surface area contributed by atoms with Gasteiger partial charge in [-0.05, 0) is 47.5 Å². The predicted octanol–water partition coefficient (Wildman–Crippen LogP) is 5.32. The Morgan fingerprint density at radius 2 is 1.25 bits per heavy atom. The molecule has 2 saturated heterocycles. The highest BCUT2D eigenvalue weighted by Crippen LogP contribution is 2.47. The van der Waals surface area contributed by atoms with E-state index in [-0.39, 0.29) is 11.8 Å². The van der Waals surface area contributed by atoms with Gasteiger partial charge in [0.25, 0.3) is 5.91 Å². The molecule has 6 nitrogen and oxygen atoms in total. The van der Waals surface area contributed by atoms with Crippen LogP contribution in [0.1, 0.15) is 17.2 Å². The number of amides is 2. The summed E-state index contributed by atoms with van der Waals surface area (Å²) in [5.74, 6) is -0.551. The summed E-state index contributed by atoms with van der Waals surface area (Å²) in [6.07, 6.45) is -0.892. The molecule has 2 fully saturated rings. The molecule has 0 unspecified atom stereocenters. The number of hydrogen-bond acceptors (Lipinski definition) is 5. The van der Waals surface area contributed by atoms with Crippen LogP contribution in [0.5, 0.6) is 5.75 Å². The Balaban J connectivity index is 1.31. The summed E-state index contributed by atoms with van der Waals surface area (Å²) >= 11 is 0. The minimum atomic E-state index is -0.892. The fraction of sp³-hybridized carbons (Fsp3) is 0.133. The van der Waals surface area contributed by atoms with E-state index in [9.17, 15) is 9.59 Å². The van der Waals surface area contributed by atoms with E-state index in [0.717, 1.165) is 22.6 Å². The number of carbonyl (C=O) groups excluding carboxylic acids is 2. The van der Waals surface area contributed by atoms with Crippen LogP contribution in [-0.2, 0) is 21.0 Å². The van der Waals surface area contributed by atoms with Gasteiger partial charge in [-0.25, -0.2) is 9.96 Å². The average Bonchev–Trinajstić information content (AvgIpc) is 3.45. The van der Waals surface area contributed by atoms with Gasteiger partial charge in [0, 0.05) is 0 Å². The van der Waals surface area contributed by atoms with E-state index in [0.29, 0.717) is 12.3 Å². The van der Waals surface area contributed by atoms with Crippen LogP contribution in [0.4, 0.5) is 11.4 Å². The van der Waals surface area contributed by atoms with Crippen molar-refractivity contribution in [3.05, 3.63) is 126 Å². The molecule has 6 rings (SSSR count). The van der Waals surface area contributed by atoms with Crippen LogP contribution in [0.15, 0.2) is 115 Å². The Labute approximate surface area is 209 Å². The highest BCUT2D eigenvalue weighted by molar-refractivity contribution is 6.23. The van der Waals surface area contributed by atoms with Gasteiger partial charge in [0.2, 0.25) is 5.91 Å². The molecule has 3 atom stereocenters. The minimum absolute atomic E-state index is 0.260. The van der Waals surface area contributed by atoms with Crippen LogP contribution in [-0.4, -0.2) is 17.9 Å². The fourth-order valence-electron chi connectivity index (χ4n) is 4.89. The Bertz CT molecular complexity index is 1360. The van der Waals surface area contributed by atoms with Crippen molar-refractivity contribution in [2.75, 3.05) is 9.96 Å². The largest absolute Gasteiger partial charge is 0.489 e. The molecule has 0 aromatic heterocycles. The molecule has 4 aromatic rings. The summed E-state index contributed by atoms with van der Waals surface area (Å²) in [5, 5.41) is 1.70. The van der Waals surface area contributed by atoms with Crippen molar-refractivity contribution in [2.45, 2.75) is 18.8 Å². The highest BCUT2D eigenvalue weighted by Gasteiger charge is 2.60. The zero-order valence-electron chi connectivity index (χ0n) is 19.4. The van der Waals surface area contributed by atoms with Crippen LogP contribution < -0.4 is 14.7 Å². The van der Waals surface area contributed by atoms with Gasteiger partial charge in [-0.15, -0.1) is 0 Å². The predicted molar refractivity (Wildman–Crippen MR) is 136 cm³/mol. The van der Waals surface area contributed by atoms with Crippen molar-refractivity contribution < 1.29 is 19.2 Å². The maximum atomic E-state index is 13.7. The molecular weight excluding hydrogens is 452 g/mol. The summed E-state index contributed by atoms with van der Waals surface area (Å²) in [6.45, 7) is 0.465. The summed E-state index contributed by atoms with van der Waals surface area (Å²) in [6, 6.07) is 35.7. The maximum absolute atomic E-state index is 13.7. The SMILES string of the molecule is O=C1[C@@H]2[C@@H](c3ccc(OCc4ccccc4)cc3)N(c3ccccc3)O[C@H]2C(=O)N1c1ccccc1. The first-order valence-electron chi connectivity index (χ1n) is 11.9. The van der Waals surface area contributed by atoms with Crippen LogP contribution >= 0.6 is 0 Å². The minimum Gasteiger partial charge on any atom is -0.489 e. The molecule has 2 aliphatic heterocycles. The van der Waals surface area contributed by atoms with Gasteiger partial charge in [0.15, 0.2) is 6.10 Å². The molecule has 2 heterocycles. The number of benzene rings is 4. The van der Waals surface area contributed by atoms with Crippen molar-refractivity contribution in [1.82, 2.24) is 0 Å². The molecule has 0 saturated carbocycles. The van der Waals surface area contributed by atoms with Crippen molar-refractivity contribution in [2.24, 2.45) is 5.92 Å². The molecule has 2 aliphatic rings. The first-order chi connectivity index (χ1) is 17.7. The van der Waals surface area contributed by atoms with E-state index in [1.807, 2.05) is 103 Å². The molecule has 0 bridgehead atoms. The van der Waals surface area contributed by atoms with Crippen molar-refractivity contribution in [3.63, 3.8) is 0 Å². The monoisotopic (exact) mass is 476 g/mol. The van der Waals surface area contributed by atoms with Gasteiger partial charge in [-0.3, -0.25) is 14.4 Å². The van der Waals surface area contributed by atoms with E-state index in [1.165, 1.54) is 4.90 Å². The van der Waals surface area contributed by atoms with E-state index < -0.39 is 18.1 Å². The van der Waals surface area contributed by atoms with Gasteiger partial charge in [-0.1, -0.05) is 78.9 Å². The Morgan fingerprint density at radius 1 is 0.667 bits per heavy atom. The number of rotatable bonds is 6. The second kappa shape index (κ2) is 9.32. The van der Waals surface area contributed by atoms with Crippen molar-refractivity contribution in [1.29, 1.82) is 0 Å². The lowest BCUT2D eigenvalue weighted by atomic mass is 9.90. The molecule has 6 heteroatoms. The first kappa shape index (κ1) is 22.1. The van der Waals surface area contributed by atoms with Gasteiger partial charge in [0.1, 0.15) is 18.3 Å². The number of para-hydroxylation sites is 2. The number of hydrogen-bond donors (Lipinski definition) is 0. The third-order valence-corrected chi connectivity index (χ3v) is 6.61. The van der Waals surface area contributed by atoms with Gasteiger partial charge < -0.3 is 4.74 Å². The molecule has 0 spiro atoms. The summed E-state index contributed by atoms with van der Waals surface area (Å²) in [7, 11) is 0. The number of nitrogens with zero attached hydrogens (tertiary/aromatic N) is 2. The lowest BCUT2D eigenvalue weighted by molar-refractivity contribution is -0.126. The summed E-state index contributed by atoms with van der Waals surface area (Å²) in [5.41, 5.74) is 3.29. The topological polar surface area (TPSA) is 59.1 Å². The number of carbonyl (C=O) groups is 2. The van der Waals surface area contributed by atoms with E-state index in [1.54, 1.807) is 17.2 Å². The first-order valence-corrected chi connectivity index (χ1v) is 11.9. The number of imide groups is 1. The van der Waals surface area contributed by atoms with E-state index in [4.69, 9.17) is 9.57 Å². The van der Waals surface area contributed by atoms with Crippen LogP contribution in [0.2, 0.25) is 0 Å². The molecule has 0 N–H and O–H groups in total. The number of fused-ring (bicyclic) bond motifs is 1. The van der Waals surface area contributed by atoms with Crippen LogP contribution in [0, 0.1) is 5.92 Å². The number of ether oxygens (including phenoxy) is 1.